The molecule has 5 nitrogen and oxygen atoms in total. The van der Waals surface area contributed by atoms with Crippen molar-refractivity contribution in [3.8, 4) is 11.4 Å². The molecule has 142 valence electrons. The van der Waals surface area contributed by atoms with Crippen LogP contribution in [0.4, 0.5) is 0 Å². The summed E-state index contributed by atoms with van der Waals surface area (Å²) in [5.74, 6) is 1.03. The Balaban J connectivity index is 1.54. The third-order valence-corrected chi connectivity index (χ3v) is 6.11. The lowest BCUT2D eigenvalue weighted by Gasteiger charge is -2.05. The Labute approximate surface area is 172 Å². The topological polar surface area (TPSA) is 63.6 Å². The van der Waals surface area contributed by atoms with E-state index in [1.807, 2.05) is 48.0 Å². The molecule has 0 radical (unpaired) electrons. The molecule has 1 N–H and O–H groups in total. The molecule has 28 heavy (non-hydrogen) atoms. The monoisotopic (exact) mass is 410 g/mol. The molecule has 0 saturated heterocycles. The van der Waals surface area contributed by atoms with Crippen LogP contribution in [-0.4, -0.2) is 31.3 Å². The Morgan fingerprint density at radius 3 is 2.79 bits per heavy atom. The largest absolute Gasteiger partial charge is 0.360 e. The Morgan fingerprint density at radius 1 is 1.18 bits per heavy atom. The molecule has 0 fully saturated rings. The van der Waals surface area contributed by atoms with E-state index in [9.17, 15) is 4.79 Å². The van der Waals surface area contributed by atoms with Crippen LogP contribution in [-0.2, 0) is 13.5 Å². The van der Waals surface area contributed by atoms with Crippen LogP contribution in [0.2, 0.25) is 5.02 Å². The zero-order valence-electron chi connectivity index (χ0n) is 15.6. The number of hydrogen-bond acceptors (Lipinski definition) is 4. The minimum absolute atomic E-state index is 0.0618. The molecule has 0 bridgehead atoms. The number of fused-ring (bicyclic) bond motifs is 1. The van der Waals surface area contributed by atoms with E-state index in [1.165, 1.54) is 17.3 Å². The van der Waals surface area contributed by atoms with Crippen molar-refractivity contribution in [3.63, 3.8) is 0 Å². The Hall–Kier alpha value is -2.57. The molecular formula is C21H19ClN4OS. The number of nitrogens with zero attached hydrogens (tertiary/aromatic N) is 3. The molecule has 0 aliphatic rings. The van der Waals surface area contributed by atoms with E-state index in [0.717, 1.165) is 22.9 Å². The minimum Gasteiger partial charge on any atom is -0.360 e. The number of thioether (sulfide) groups is 1. The number of hydrogen-bond donors (Lipinski definition) is 1. The zero-order valence-corrected chi connectivity index (χ0v) is 17.1. The van der Waals surface area contributed by atoms with E-state index in [-0.39, 0.29) is 11.5 Å². The highest BCUT2D eigenvalue weighted by Gasteiger charge is 2.17. The first-order chi connectivity index (χ1) is 13.6. The highest BCUT2D eigenvalue weighted by molar-refractivity contribution is 7.99. The van der Waals surface area contributed by atoms with E-state index in [0.29, 0.717) is 21.6 Å². The molecule has 0 amide bonds. The van der Waals surface area contributed by atoms with Crippen molar-refractivity contribution < 1.29 is 4.79 Å². The maximum atomic E-state index is 12.8. The lowest BCUT2D eigenvalue weighted by atomic mass is 10.1. The molecular weight excluding hydrogens is 392 g/mol. The second-order valence-corrected chi connectivity index (χ2v) is 7.80. The molecule has 2 aromatic heterocycles. The summed E-state index contributed by atoms with van der Waals surface area (Å²) in [7, 11) is 1.88. The van der Waals surface area contributed by atoms with Crippen LogP contribution in [0.5, 0.6) is 0 Å². The third kappa shape index (κ3) is 3.34. The van der Waals surface area contributed by atoms with Crippen molar-refractivity contribution in [1.82, 2.24) is 19.7 Å². The summed E-state index contributed by atoms with van der Waals surface area (Å²) >= 11 is 7.65. The third-order valence-electron chi connectivity index (χ3n) is 4.77. The smallest absolute Gasteiger partial charge is 0.191 e. The van der Waals surface area contributed by atoms with Crippen LogP contribution < -0.4 is 0 Å². The minimum atomic E-state index is 0.0618. The van der Waals surface area contributed by atoms with Gasteiger partial charge in [-0.15, -0.1) is 10.2 Å². The molecule has 0 aliphatic carbocycles. The van der Waals surface area contributed by atoms with Crippen molar-refractivity contribution >= 4 is 40.0 Å². The fourth-order valence-corrected chi connectivity index (χ4v) is 4.28. The Kier molecular flexibility index (Phi) is 5.24. The summed E-state index contributed by atoms with van der Waals surface area (Å²) in [5.41, 5.74) is 3.78. The number of rotatable bonds is 6. The summed E-state index contributed by atoms with van der Waals surface area (Å²) in [6.07, 6.45) is 2.72. The highest BCUT2D eigenvalue weighted by atomic mass is 35.5. The SMILES string of the molecule is CCc1cccc2c(C(=O)CSc3nnc(-c4ccccc4Cl)n3C)c[nH]c12. The molecule has 4 aromatic rings. The van der Waals surface area contributed by atoms with Gasteiger partial charge in [0.05, 0.1) is 10.8 Å². The van der Waals surface area contributed by atoms with E-state index >= 15 is 0 Å². The van der Waals surface area contributed by atoms with Gasteiger partial charge in [0.25, 0.3) is 0 Å². The van der Waals surface area contributed by atoms with Crippen molar-refractivity contribution in [1.29, 1.82) is 0 Å². The fraction of sp³-hybridized carbons (Fsp3) is 0.190. The molecule has 0 unspecified atom stereocenters. The quantitative estimate of drug-likeness (QED) is 0.352. The van der Waals surface area contributed by atoms with Crippen molar-refractivity contribution in [2.45, 2.75) is 18.5 Å². The van der Waals surface area contributed by atoms with Gasteiger partial charge >= 0.3 is 0 Å². The number of carbonyl (C=O) groups is 1. The van der Waals surface area contributed by atoms with Crippen molar-refractivity contribution in [2.24, 2.45) is 7.05 Å². The predicted octanol–water partition coefficient (Wildman–Crippen LogP) is 5.15. The normalized spacial score (nSPS) is 11.2. The molecule has 2 heterocycles. The van der Waals surface area contributed by atoms with Crippen LogP contribution in [0.1, 0.15) is 22.8 Å². The lowest BCUT2D eigenvalue weighted by Crippen LogP contribution is -2.03. The van der Waals surface area contributed by atoms with E-state index in [2.05, 4.69) is 28.2 Å². The van der Waals surface area contributed by atoms with Crippen LogP contribution in [0, 0.1) is 0 Å². The summed E-state index contributed by atoms with van der Waals surface area (Å²) in [4.78, 5) is 16.1. The average Bonchev–Trinajstić information content (AvgIpc) is 3.30. The van der Waals surface area contributed by atoms with Gasteiger partial charge in [0.1, 0.15) is 0 Å². The first-order valence-corrected chi connectivity index (χ1v) is 10.4. The number of halogens is 1. The summed E-state index contributed by atoms with van der Waals surface area (Å²) in [6.45, 7) is 2.11. The number of H-pyrrole nitrogens is 1. The number of ketones is 1. The van der Waals surface area contributed by atoms with Crippen LogP contribution >= 0.6 is 23.4 Å². The van der Waals surface area contributed by atoms with Gasteiger partial charge in [0.15, 0.2) is 16.8 Å². The van der Waals surface area contributed by atoms with Crippen LogP contribution in [0.25, 0.3) is 22.3 Å². The van der Waals surface area contributed by atoms with Gasteiger partial charge in [-0.25, -0.2) is 0 Å². The first-order valence-electron chi connectivity index (χ1n) is 8.99. The van der Waals surface area contributed by atoms with Gasteiger partial charge in [0.2, 0.25) is 0 Å². The van der Waals surface area contributed by atoms with Gasteiger partial charge in [-0.1, -0.05) is 60.6 Å². The summed E-state index contributed by atoms with van der Waals surface area (Å²) in [6, 6.07) is 13.6. The van der Waals surface area contributed by atoms with Gasteiger partial charge in [-0.3, -0.25) is 4.79 Å². The van der Waals surface area contributed by atoms with E-state index in [1.54, 1.807) is 6.20 Å². The van der Waals surface area contributed by atoms with Crippen LogP contribution in [0.3, 0.4) is 0 Å². The molecule has 0 aliphatic heterocycles. The molecule has 0 atom stereocenters. The highest BCUT2D eigenvalue weighted by Crippen LogP contribution is 2.29. The number of Topliss-reactive ketones (excluding diaryl/α,β-unsaturated/α-hetero) is 1. The van der Waals surface area contributed by atoms with Crippen LogP contribution in [0.15, 0.2) is 53.8 Å². The Bertz CT molecular complexity index is 1160. The van der Waals surface area contributed by atoms with Gasteiger partial charge in [-0.05, 0) is 24.1 Å². The van der Waals surface area contributed by atoms with Gasteiger partial charge in [-0.2, -0.15) is 0 Å². The fourth-order valence-electron chi connectivity index (χ4n) is 3.27. The number of nitrogens with one attached hydrogen (secondary N) is 1. The van der Waals surface area contributed by atoms with E-state index < -0.39 is 0 Å². The number of aromatic amines is 1. The standard InChI is InChI=1S/C21H19ClN4OS/c1-3-13-7-6-9-14-16(11-23-19(13)14)18(27)12-28-21-25-24-20(26(21)2)15-8-4-5-10-17(15)22/h4-11,23H,3,12H2,1-2H3. The summed E-state index contributed by atoms with van der Waals surface area (Å²) in [5, 5.41) is 10.8. The second kappa shape index (κ2) is 7.81. The molecule has 0 saturated carbocycles. The molecule has 2 aromatic carbocycles. The molecule has 7 heteroatoms. The summed E-state index contributed by atoms with van der Waals surface area (Å²) < 4.78 is 1.86. The Morgan fingerprint density at radius 2 is 2.00 bits per heavy atom. The lowest BCUT2D eigenvalue weighted by molar-refractivity contribution is 0.102. The van der Waals surface area contributed by atoms with Gasteiger partial charge in [0, 0.05) is 35.3 Å². The second-order valence-electron chi connectivity index (χ2n) is 6.45. The number of carbonyl (C=O) groups excluding carboxylic acids is 1. The van der Waals surface area contributed by atoms with Gasteiger partial charge < -0.3 is 9.55 Å². The van der Waals surface area contributed by atoms with Crippen molar-refractivity contribution in [2.75, 3.05) is 5.75 Å². The average molecular weight is 411 g/mol. The molecule has 0 spiro atoms. The predicted molar refractivity (Wildman–Crippen MR) is 114 cm³/mol. The number of aryl methyl sites for hydroxylation is 1. The maximum Gasteiger partial charge on any atom is 0.191 e. The number of para-hydroxylation sites is 1. The zero-order chi connectivity index (χ0) is 19.7. The van der Waals surface area contributed by atoms with Crippen molar-refractivity contribution in [3.05, 3.63) is 64.8 Å². The first kappa shape index (κ1) is 18.8. The number of benzene rings is 2. The number of aromatic nitrogens is 4. The van der Waals surface area contributed by atoms with E-state index in [4.69, 9.17) is 11.6 Å². The maximum absolute atomic E-state index is 12.8. The molecule has 4 rings (SSSR count).